The fraction of sp³-hybridized carbons (Fsp3) is 0.385. The normalized spacial score (nSPS) is 17.1. The standard InChI is InChI=1S/C13H16N4/c1-9-10-4-2-3-5-11(10)12(17-16-9)15-13(8-14)6-7-13/h2-5H,6-8,14H2,1H3,(H,15,17). The van der Waals surface area contributed by atoms with E-state index in [-0.39, 0.29) is 5.54 Å². The van der Waals surface area contributed by atoms with Gasteiger partial charge in [-0.1, -0.05) is 24.3 Å². The van der Waals surface area contributed by atoms with Crippen molar-refractivity contribution in [2.24, 2.45) is 5.73 Å². The maximum absolute atomic E-state index is 5.78. The number of nitrogens with zero attached hydrogens (tertiary/aromatic N) is 2. The smallest absolute Gasteiger partial charge is 0.157 e. The highest BCUT2D eigenvalue weighted by molar-refractivity contribution is 5.93. The number of benzene rings is 1. The summed E-state index contributed by atoms with van der Waals surface area (Å²) in [5.41, 5.74) is 6.80. The highest BCUT2D eigenvalue weighted by Gasteiger charge is 2.41. The number of anilines is 1. The molecule has 1 fully saturated rings. The minimum Gasteiger partial charge on any atom is -0.361 e. The van der Waals surface area contributed by atoms with Gasteiger partial charge in [0.15, 0.2) is 5.82 Å². The lowest BCUT2D eigenvalue weighted by Gasteiger charge is -2.16. The Morgan fingerprint density at radius 1 is 1.24 bits per heavy atom. The van der Waals surface area contributed by atoms with Gasteiger partial charge in [-0.25, -0.2) is 0 Å². The molecule has 1 aliphatic rings. The number of nitrogens with one attached hydrogen (secondary N) is 1. The predicted octanol–water partition coefficient (Wildman–Crippen LogP) is 1.84. The Hall–Kier alpha value is -1.68. The maximum Gasteiger partial charge on any atom is 0.157 e. The van der Waals surface area contributed by atoms with Crippen molar-refractivity contribution < 1.29 is 0 Å². The van der Waals surface area contributed by atoms with Gasteiger partial charge in [0.05, 0.1) is 11.2 Å². The van der Waals surface area contributed by atoms with E-state index in [4.69, 9.17) is 5.73 Å². The quantitative estimate of drug-likeness (QED) is 0.841. The molecular weight excluding hydrogens is 212 g/mol. The lowest BCUT2D eigenvalue weighted by Crippen LogP contribution is -2.31. The van der Waals surface area contributed by atoms with E-state index in [0.29, 0.717) is 6.54 Å². The molecule has 0 unspecified atom stereocenters. The van der Waals surface area contributed by atoms with E-state index in [1.807, 2.05) is 19.1 Å². The maximum atomic E-state index is 5.78. The van der Waals surface area contributed by atoms with Crippen LogP contribution in [0.1, 0.15) is 18.5 Å². The Labute approximate surface area is 100 Å². The van der Waals surface area contributed by atoms with Crippen LogP contribution >= 0.6 is 0 Å². The van der Waals surface area contributed by atoms with Gasteiger partial charge >= 0.3 is 0 Å². The Morgan fingerprint density at radius 3 is 2.59 bits per heavy atom. The highest BCUT2D eigenvalue weighted by Crippen LogP contribution is 2.38. The van der Waals surface area contributed by atoms with Crippen molar-refractivity contribution in [2.45, 2.75) is 25.3 Å². The minimum atomic E-state index is 0.0622. The van der Waals surface area contributed by atoms with Crippen LogP contribution in [0.4, 0.5) is 5.82 Å². The molecule has 0 atom stereocenters. The average Bonchev–Trinajstić information content (AvgIpc) is 3.14. The third-order valence-electron chi connectivity index (χ3n) is 3.50. The molecule has 4 heteroatoms. The Morgan fingerprint density at radius 2 is 1.94 bits per heavy atom. The number of hydrogen-bond donors (Lipinski definition) is 2. The molecule has 17 heavy (non-hydrogen) atoms. The molecule has 0 spiro atoms. The zero-order valence-electron chi connectivity index (χ0n) is 9.90. The molecule has 0 radical (unpaired) electrons. The van der Waals surface area contributed by atoms with Crippen LogP contribution in [-0.4, -0.2) is 22.3 Å². The van der Waals surface area contributed by atoms with Gasteiger partial charge in [0.2, 0.25) is 0 Å². The van der Waals surface area contributed by atoms with E-state index < -0.39 is 0 Å². The van der Waals surface area contributed by atoms with E-state index >= 15 is 0 Å². The van der Waals surface area contributed by atoms with Crippen LogP contribution in [0, 0.1) is 6.92 Å². The van der Waals surface area contributed by atoms with E-state index in [9.17, 15) is 0 Å². The summed E-state index contributed by atoms with van der Waals surface area (Å²) in [4.78, 5) is 0. The van der Waals surface area contributed by atoms with Crippen molar-refractivity contribution in [3.63, 3.8) is 0 Å². The molecule has 3 rings (SSSR count). The van der Waals surface area contributed by atoms with E-state index in [2.05, 4.69) is 27.6 Å². The van der Waals surface area contributed by atoms with Crippen LogP contribution in [0.3, 0.4) is 0 Å². The first-order valence-electron chi connectivity index (χ1n) is 5.94. The van der Waals surface area contributed by atoms with E-state index in [1.165, 1.54) is 0 Å². The predicted molar refractivity (Wildman–Crippen MR) is 68.9 cm³/mol. The molecule has 3 N–H and O–H groups in total. The first kappa shape index (κ1) is 10.5. The molecule has 1 aromatic heterocycles. The fourth-order valence-electron chi connectivity index (χ4n) is 2.11. The monoisotopic (exact) mass is 228 g/mol. The zero-order chi connectivity index (χ0) is 11.9. The molecule has 0 amide bonds. The van der Waals surface area contributed by atoms with Gasteiger partial charge < -0.3 is 11.1 Å². The first-order chi connectivity index (χ1) is 8.24. The highest BCUT2D eigenvalue weighted by atomic mass is 15.2. The summed E-state index contributed by atoms with van der Waals surface area (Å²) in [7, 11) is 0. The van der Waals surface area contributed by atoms with Gasteiger partial charge in [0.25, 0.3) is 0 Å². The second kappa shape index (κ2) is 3.67. The van der Waals surface area contributed by atoms with Crippen molar-refractivity contribution >= 4 is 16.6 Å². The first-order valence-corrected chi connectivity index (χ1v) is 5.94. The lowest BCUT2D eigenvalue weighted by molar-refractivity contribution is 0.734. The number of hydrogen-bond acceptors (Lipinski definition) is 4. The summed E-state index contributed by atoms with van der Waals surface area (Å²) in [6.07, 6.45) is 2.24. The number of aryl methyl sites for hydroxylation is 1. The second-order valence-electron chi connectivity index (χ2n) is 4.79. The van der Waals surface area contributed by atoms with Crippen LogP contribution in [-0.2, 0) is 0 Å². The molecule has 0 saturated heterocycles. The van der Waals surface area contributed by atoms with Gasteiger partial charge in [-0.2, -0.15) is 5.10 Å². The SMILES string of the molecule is Cc1nnc(NC2(CN)CC2)c2ccccc12. The average molecular weight is 228 g/mol. The van der Waals surface area contributed by atoms with Crippen LogP contribution < -0.4 is 11.1 Å². The molecule has 0 aliphatic heterocycles. The van der Waals surface area contributed by atoms with Crippen LogP contribution in [0.2, 0.25) is 0 Å². The van der Waals surface area contributed by atoms with Crippen molar-refractivity contribution in [1.82, 2.24) is 10.2 Å². The Bertz CT molecular complexity index is 560. The van der Waals surface area contributed by atoms with Crippen LogP contribution in [0.5, 0.6) is 0 Å². The molecular formula is C13H16N4. The van der Waals surface area contributed by atoms with Gasteiger partial charge in [-0.05, 0) is 19.8 Å². The molecule has 0 bridgehead atoms. The van der Waals surface area contributed by atoms with Crippen molar-refractivity contribution in [1.29, 1.82) is 0 Å². The van der Waals surface area contributed by atoms with Gasteiger partial charge in [-0.3, -0.25) is 0 Å². The number of rotatable bonds is 3. The number of fused-ring (bicyclic) bond motifs is 1. The Kier molecular flexibility index (Phi) is 2.26. The van der Waals surface area contributed by atoms with Gasteiger partial charge in [-0.15, -0.1) is 5.10 Å². The third-order valence-corrected chi connectivity index (χ3v) is 3.50. The number of aromatic nitrogens is 2. The molecule has 2 aromatic rings. The fourth-order valence-corrected chi connectivity index (χ4v) is 2.11. The van der Waals surface area contributed by atoms with Crippen molar-refractivity contribution in [3.8, 4) is 0 Å². The van der Waals surface area contributed by atoms with Gasteiger partial charge in [0, 0.05) is 17.3 Å². The summed E-state index contributed by atoms with van der Waals surface area (Å²) >= 11 is 0. The molecule has 4 nitrogen and oxygen atoms in total. The zero-order valence-corrected chi connectivity index (χ0v) is 9.90. The summed E-state index contributed by atoms with van der Waals surface area (Å²) in [6, 6.07) is 8.20. The molecule has 1 aromatic carbocycles. The largest absolute Gasteiger partial charge is 0.361 e. The molecule has 1 saturated carbocycles. The molecule has 1 aliphatic carbocycles. The summed E-state index contributed by atoms with van der Waals surface area (Å²) in [5.74, 6) is 0.856. The second-order valence-corrected chi connectivity index (χ2v) is 4.79. The topological polar surface area (TPSA) is 63.8 Å². The Balaban J connectivity index is 2.08. The van der Waals surface area contributed by atoms with Crippen molar-refractivity contribution in [3.05, 3.63) is 30.0 Å². The van der Waals surface area contributed by atoms with Crippen molar-refractivity contribution in [2.75, 3.05) is 11.9 Å². The van der Waals surface area contributed by atoms with Crippen LogP contribution in [0.25, 0.3) is 10.8 Å². The lowest BCUT2D eigenvalue weighted by atomic mass is 10.1. The van der Waals surface area contributed by atoms with E-state index in [0.717, 1.165) is 35.1 Å². The summed E-state index contributed by atoms with van der Waals surface area (Å²) in [6.45, 7) is 2.63. The van der Waals surface area contributed by atoms with E-state index in [1.54, 1.807) is 0 Å². The third kappa shape index (κ3) is 1.74. The summed E-state index contributed by atoms with van der Waals surface area (Å²) < 4.78 is 0. The summed E-state index contributed by atoms with van der Waals surface area (Å²) in [5, 5.41) is 14.2. The molecule has 1 heterocycles. The van der Waals surface area contributed by atoms with Gasteiger partial charge in [0.1, 0.15) is 0 Å². The molecule has 88 valence electrons. The minimum absolute atomic E-state index is 0.0622. The van der Waals surface area contributed by atoms with Crippen LogP contribution in [0.15, 0.2) is 24.3 Å². The number of nitrogens with two attached hydrogens (primary N) is 1.